The lowest BCUT2D eigenvalue weighted by molar-refractivity contribution is 0.443. The van der Waals surface area contributed by atoms with Crippen molar-refractivity contribution < 1.29 is 4.42 Å². The zero-order valence-electron chi connectivity index (χ0n) is 12.6. The molecule has 0 aliphatic rings. The number of hydrogen-bond donors (Lipinski definition) is 2. The van der Waals surface area contributed by atoms with Crippen molar-refractivity contribution in [2.75, 3.05) is 7.05 Å². The highest BCUT2D eigenvalue weighted by Crippen LogP contribution is 2.25. The smallest absolute Gasteiger partial charge is 0.181 e. The van der Waals surface area contributed by atoms with Gasteiger partial charge in [-0.2, -0.15) is 0 Å². The second-order valence-electron chi connectivity index (χ2n) is 5.69. The van der Waals surface area contributed by atoms with Crippen LogP contribution < -0.4 is 5.32 Å². The number of benzene rings is 1. The number of imidazole rings is 1. The number of rotatable bonds is 5. The first kappa shape index (κ1) is 13.8. The van der Waals surface area contributed by atoms with E-state index in [1.54, 1.807) is 6.20 Å². The molecule has 3 rings (SSSR count). The highest BCUT2D eigenvalue weighted by molar-refractivity contribution is 5.80. The molecular formula is C16H20N4O. The second kappa shape index (κ2) is 5.69. The molecule has 1 unspecified atom stereocenters. The summed E-state index contributed by atoms with van der Waals surface area (Å²) in [5, 5.41) is 3.33. The first-order chi connectivity index (χ1) is 10.2. The van der Waals surface area contributed by atoms with Crippen LogP contribution in [0.15, 0.2) is 35.2 Å². The van der Waals surface area contributed by atoms with Gasteiger partial charge in [-0.1, -0.05) is 13.8 Å². The van der Waals surface area contributed by atoms with Crippen molar-refractivity contribution in [1.82, 2.24) is 20.3 Å². The predicted octanol–water partition coefficient (Wildman–Crippen LogP) is 3.52. The lowest BCUT2D eigenvalue weighted by Gasteiger charge is -2.15. The minimum atomic E-state index is 0.242. The third kappa shape index (κ3) is 2.83. The summed E-state index contributed by atoms with van der Waals surface area (Å²) in [6, 6.07) is 6.31. The Kier molecular flexibility index (Phi) is 3.75. The number of nitrogens with one attached hydrogen (secondary N) is 2. The van der Waals surface area contributed by atoms with Crippen LogP contribution in [0.1, 0.15) is 32.1 Å². The molecular weight excluding hydrogens is 264 g/mol. The third-order valence-corrected chi connectivity index (χ3v) is 3.60. The first-order valence-electron chi connectivity index (χ1n) is 7.23. The molecule has 0 fully saturated rings. The molecule has 5 heteroatoms. The van der Waals surface area contributed by atoms with Gasteiger partial charge in [-0.15, -0.1) is 0 Å². The molecule has 21 heavy (non-hydrogen) atoms. The SMILES string of the molecule is CNC(CC(C)C)c1nc2ccc(-c3cnco3)cc2[nH]1. The van der Waals surface area contributed by atoms with Crippen LogP contribution in [0.4, 0.5) is 0 Å². The van der Waals surface area contributed by atoms with Crippen LogP contribution in [0.3, 0.4) is 0 Å². The van der Waals surface area contributed by atoms with Crippen molar-refractivity contribution >= 4 is 11.0 Å². The summed E-state index contributed by atoms with van der Waals surface area (Å²) in [6.45, 7) is 4.43. The molecule has 2 aromatic heterocycles. The van der Waals surface area contributed by atoms with Gasteiger partial charge in [0.1, 0.15) is 5.82 Å². The fourth-order valence-electron chi connectivity index (χ4n) is 2.54. The minimum Gasteiger partial charge on any atom is -0.444 e. The maximum Gasteiger partial charge on any atom is 0.181 e. The van der Waals surface area contributed by atoms with Gasteiger partial charge >= 0.3 is 0 Å². The molecule has 0 radical (unpaired) electrons. The Hall–Kier alpha value is -2.14. The van der Waals surface area contributed by atoms with Gasteiger partial charge < -0.3 is 14.7 Å². The lowest BCUT2D eigenvalue weighted by Crippen LogP contribution is -2.19. The number of fused-ring (bicyclic) bond motifs is 1. The van der Waals surface area contributed by atoms with Crippen LogP contribution in [0.2, 0.25) is 0 Å². The molecule has 0 spiro atoms. The molecule has 1 atom stereocenters. The number of aromatic nitrogens is 3. The molecule has 0 aliphatic carbocycles. The van der Waals surface area contributed by atoms with E-state index in [9.17, 15) is 0 Å². The number of oxazole rings is 1. The van der Waals surface area contributed by atoms with Crippen molar-refractivity contribution in [2.24, 2.45) is 5.92 Å². The fourth-order valence-corrected chi connectivity index (χ4v) is 2.54. The fraction of sp³-hybridized carbons (Fsp3) is 0.375. The van der Waals surface area contributed by atoms with E-state index in [0.717, 1.165) is 34.6 Å². The van der Waals surface area contributed by atoms with E-state index in [-0.39, 0.29) is 6.04 Å². The van der Waals surface area contributed by atoms with Crippen LogP contribution in [0.25, 0.3) is 22.4 Å². The zero-order chi connectivity index (χ0) is 14.8. The molecule has 3 aromatic rings. The second-order valence-corrected chi connectivity index (χ2v) is 5.69. The van der Waals surface area contributed by atoms with E-state index in [4.69, 9.17) is 9.40 Å². The maximum atomic E-state index is 5.34. The van der Waals surface area contributed by atoms with E-state index in [2.05, 4.69) is 35.2 Å². The largest absolute Gasteiger partial charge is 0.444 e. The standard InChI is InChI=1S/C16H20N4O/c1-10(2)6-14(17-3)16-19-12-5-4-11(7-13(12)20-16)15-8-18-9-21-15/h4-5,7-10,14,17H,6H2,1-3H3,(H,19,20). The summed E-state index contributed by atoms with van der Waals surface area (Å²) >= 11 is 0. The van der Waals surface area contributed by atoms with Crippen molar-refractivity contribution in [3.05, 3.63) is 36.6 Å². The monoisotopic (exact) mass is 284 g/mol. The van der Waals surface area contributed by atoms with Crippen molar-refractivity contribution in [1.29, 1.82) is 0 Å². The molecule has 5 nitrogen and oxygen atoms in total. The topological polar surface area (TPSA) is 66.7 Å². The molecule has 110 valence electrons. The van der Waals surface area contributed by atoms with Crippen LogP contribution in [-0.4, -0.2) is 22.0 Å². The van der Waals surface area contributed by atoms with Gasteiger partial charge in [0.15, 0.2) is 12.2 Å². The molecule has 0 bridgehead atoms. The number of H-pyrrole nitrogens is 1. The van der Waals surface area contributed by atoms with Crippen LogP contribution >= 0.6 is 0 Å². The summed E-state index contributed by atoms with van der Waals surface area (Å²) in [4.78, 5) is 12.1. The highest BCUT2D eigenvalue weighted by Gasteiger charge is 2.16. The average molecular weight is 284 g/mol. The summed E-state index contributed by atoms with van der Waals surface area (Å²) in [5.41, 5.74) is 2.99. The Balaban J connectivity index is 1.96. The quantitative estimate of drug-likeness (QED) is 0.752. The first-order valence-corrected chi connectivity index (χ1v) is 7.23. The number of nitrogens with zero attached hydrogens (tertiary/aromatic N) is 2. The molecule has 0 saturated heterocycles. The Labute approximate surface area is 123 Å². The van der Waals surface area contributed by atoms with Gasteiger partial charge in [-0.25, -0.2) is 9.97 Å². The minimum absolute atomic E-state index is 0.242. The van der Waals surface area contributed by atoms with E-state index in [0.29, 0.717) is 5.92 Å². The van der Waals surface area contributed by atoms with Gasteiger partial charge in [-0.05, 0) is 37.6 Å². The zero-order valence-corrected chi connectivity index (χ0v) is 12.6. The van der Waals surface area contributed by atoms with E-state index >= 15 is 0 Å². The highest BCUT2D eigenvalue weighted by atomic mass is 16.3. The van der Waals surface area contributed by atoms with Crippen molar-refractivity contribution in [3.8, 4) is 11.3 Å². The summed E-state index contributed by atoms with van der Waals surface area (Å²) < 4.78 is 5.34. The predicted molar refractivity (Wildman–Crippen MR) is 82.8 cm³/mol. The lowest BCUT2D eigenvalue weighted by atomic mass is 10.0. The van der Waals surface area contributed by atoms with E-state index < -0.39 is 0 Å². The summed E-state index contributed by atoms with van der Waals surface area (Å²) in [5.74, 6) is 2.36. The van der Waals surface area contributed by atoms with Gasteiger partial charge in [0.2, 0.25) is 0 Å². The van der Waals surface area contributed by atoms with Crippen molar-refractivity contribution in [3.63, 3.8) is 0 Å². The molecule has 0 amide bonds. The molecule has 0 aliphatic heterocycles. The normalized spacial score (nSPS) is 13.1. The molecule has 1 aromatic carbocycles. The Bertz CT molecular complexity index is 715. The van der Waals surface area contributed by atoms with Gasteiger partial charge in [0.25, 0.3) is 0 Å². The Morgan fingerprint density at radius 1 is 1.33 bits per heavy atom. The van der Waals surface area contributed by atoms with Crippen LogP contribution in [-0.2, 0) is 0 Å². The van der Waals surface area contributed by atoms with Crippen LogP contribution in [0, 0.1) is 5.92 Å². The van der Waals surface area contributed by atoms with Gasteiger partial charge in [0.05, 0.1) is 23.3 Å². The molecule has 2 heterocycles. The van der Waals surface area contributed by atoms with Gasteiger partial charge in [-0.3, -0.25) is 0 Å². The molecule has 2 N–H and O–H groups in total. The van der Waals surface area contributed by atoms with Crippen molar-refractivity contribution in [2.45, 2.75) is 26.3 Å². The maximum absolute atomic E-state index is 5.34. The number of hydrogen-bond acceptors (Lipinski definition) is 4. The number of aromatic amines is 1. The Morgan fingerprint density at radius 2 is 2.19 bits per heavy atom. The Morgan fingerprint density at radius 3 is 2.86 bits per heavy atom. The summed E-state index contributed by atoms with van der Waals surface area (Å²) in [6.07, 6.45) is 4.20. The van der Waals surface area contributed by atoms with E-state index in [1.807, 2.05) is 19.2 Å². The average Bonchev–Trinajstić information content (AvgIpc) is 3.12. The van der Waals surface area contributed by atoms with Crippen LogP contribution in [0.5, 0.6) is 0 Å². The van der Waals surface area contributed by atoms with E-state index in [1.165, 1.54) is 6.39 Å². The third-order valence-electron chi connectivity index (χ3n) is 3.60. The molecule has 0 saturated carbocycles. The van der Waals surface area contributed by atoms with Gasteiger partial charge in [0, 0.05) is 5.56 Å². The summed E-state index contributed by atoms with van der Waals surface area (Å²) in [7, 11) is 1.97.